The second kappa shape index (κ2) is 4.78. The third-order valence-corrected chi connectivity index (χ3v) is 3.64. The Morgan fingerprint density at radius 2 is 2.14 bits per heavy atom. The van der Waals surface area contributed by atoms with E-state index in [0.717, 1.165) is 16.5 Å². The lowest BCUT2D eigenvalue weighted by Crippen LogP contribution is -2.15. The van der Waals surface area contributed by atoms with E-state index in [4.69, 9.17) is 0 Å². The van der Waals surface area contributed by atoms with Crippen molar-refractivity contribution >= 4 is 10.9 Å². The topological polar surface area (TPSA) is 83.8 Å². The van der Waals surface area contributed by atoms with E-state index in [2.05, 4.69) is 15.1 Å². The van der Waals surface area contributed by atoms with E-state index in [0.29, 0.717) is 17.1 Å². The normalized spacial score (nSPS) is 11.3. The van der Waals surface area contributed by atoms with Crippen molar-refractivity contribution in [3.63, 3.8) is 0 Å². The van der Waals surface area contributed by atoms with E-state index >= 15 is 0 Å². The molecule has 0 radical (unpaired) electrons. The van der Waals surface area contributed by atoms with Crippen molar-refractivity contribution in [2.45, 2.75) is 6.61 Å². The SMILES string of the molecule is O=c1c2c[nH]c3cc(CO)ccc3c-2nn1-c1ccccn1. The van der Waals surface area contributed by atoms with Gasteiger partial charge in [-0.25, -0.2) is 4.98 Å². The Morgan fingerprint density at radius 3 is 2.91 bits per heavy atom. The van der Waals surface area contributed by atoms with E-state index in [-0.39, 0.29) is 12.2 Å². The average Bonchev–Trinajstić information content (AvgIpc) is 2.92. The van der Waals surface area contributed by atoms with Gasteiger partial charge in [-0.1, -0.05) is 18.2 Å². The first-order valence-corrected chi connectivity index (χ1v) is 6.83. The van der Waals surface area contributed by atoms with Crippen molar-refractivity contribution in [1.29, 1.82) is 0 Å². The number of aromatic nitrogens is 4. The molecule has 0 amide bonds. The molecular formula is C16H12N4O2. The monoisotopic (exact) mass is 292 g/mol. The average molecular weight is 292 g/mol. The fraction of sp³-hybridized carbons (Fsp3) is 0.0625. The number of nitrogens with one attached hydrogen (secondary N) is 1. The van der Waals surface area contributed by atoms with Gasteiger partial charge < -0.3 is 10.1 Å². The van der Waals surface area contributed by atoms with Gasteiger partial charge in [0.15, 0.2) is 5.82 Å². The van der Waals surface area contributed by atoms with Crippen LogP contribution in [0.1, 0.15) is 5.56 Å². The molecule has 2 aromatic rings. The third kappa shape index (κ3) is 1.82. The Labute approximate surface area is 125 Å². The van der Waals surface area contributed by atoms with Gasteiger partial charge in [0, 0.05) is 23.3 Å². The van der Waals surface area contributed by atoms with Crippen molar-refractivity contribution in [2.75, 3.05) is 0 Å². The minimum Gasteiger partial charge on any atom is -0.392 e. The van der Waals surface area contributed by atoms with Crippen LogP contribution in [-0.2, 0) is 6.61 Å². The Morgan fingerprint density at radius 1 is 1.23 bits per heavy atom. The van der Waals surface area contributed by atoms with Gasteiger partial charge in [-0.05, 0) is 23.8 Å². The summed E-state index contributed by atoms with van der Waals surface area (Å²) in [7, 11) is 0. The molecule has 0 fully saturated rings. The zero-order valence-electron chi connectivity index (χ0n) is 11.5. The number of hydrogen-bond acceptors (Lipinski definition) is 4. The first kappa shape index (κ1) is 12.7. The Balaban J connectivity index is 2.03. The van der Waals surface area contributed by atoms with E-state index in [1.807, 2.05) is 24.3 Å². The van der Waals surface area contributed by atoms with Crippen LogP contribution in [0.25, 0.3) is 28.0 Å². The molecule has 0 saturated heterocycles. The lowest BCUT2D eigenvalue weighted by Gasteiger charge is -2.04. The van der Waals surface area contributed by atoms with Gasteiger partial charge in [-0.3, -0.25) is 4.79 Å². The van der Waals surface area contributed by atoms with E-state index in [1.165, 1.54) is 4.68 Å². The molecule has 0 bridgehead atoms. The van der Waals surface area contributed by atoms with E-state index in [1.54, 1.807) is 24.5 Å². The Hall–Kier alpha value is -2.99. The lowest BCUT2D eigenvalue weighted by atomic mass is 10.1. The van der Waals surface area contributed by atoms with Crippen molar-refractivity contribution in [3.05, 3.63) is 64.7 Å². The molecule has 6 heteroatoms. The number of aliphatic hydroxyl groups excluding tert-OH is 1. The van der Waals surface area contributed by atoms with Crippen LogP contribution in [0.2, 0.25) is 0 Å². The molecule has 0 aliphatic carbocycles. The quantitative estimate of drug-likeness (QED) is 0.589. The fourth-order valence-electron chi connectivity index (χ4n) is 2.54. The lowest BCUT2D eigenvalue weighted by molar-refractivity contribution is 0.282. The number of benzene rings is 1. The van der Waals surface area contributed by atoms with Crippen molar-refractivity contribution in [2.24, 2.45) is 0 Å². The molecule has 1 aromatic heterocycles. The minimum atomic E-state index is -0.210. The molecular weight excluding hydrogens is 280 g/mol. The van der Waals surface area contributed by atoms with Crippen LogP contribution in [0.5, 0.6) is 0 Å². The Kier molecular flexibility index (Phi) is 2.77. The smallest absolute Gasteiger partial charge is 0.283 e. The summed E-state index contributed by atoms with van der Waals surface area (Å²) in [6, 6.07) is 10.9. The molecule has 1 aromatic carbocycles. The molecule has 2 aliphatic heterocycles. The highest BCUT2D eigenvalue weighted by atomic mass is 16.3. The number of H-pyrrole nitrogens is 1. The maximum atomic E-state index is 12.5. The number of aliphatic hydroxyl groups is 1. The van der Waals surface area contributed by atoms with Crippen molar-refractivity contribution in [3.8, 4) is 17.1 Å². The molecule has 2 aliphatic rings. The number of fused-ring (bicyclic) bond motifs is 3. The molecule has 6 nitrogen and oxygen atoms in total. The second-order valence-corrected chi connectivity index (χ2v) is 4.99. The first-order chi connectivity index (χ1) is 10.8. The summed E-state index contributed by atoms with van der Waals surface area (Å²) < 4.78 is 1.30. The second-order valence-electron chi connectivity index (χ2n) is 4.99. The number of aromatic amines is 1. The van der Waals surface area contributed by atoms with Gasteiger partial charge >= 0.3 is 0 Å². The molecule has 2 N–H and O–H groups in total. The zero-order chi connectivity index (χ0) is 15.1. The van der Waals surface area contributed by atoms with Crippen LogP contribution in [0.15, 0.2) is 53.6 Å². The van der Waals surface area contributed by atoms with Crippen molar-refractivity contribution < 1.29 is 5.11 Å². The molecule has 0 atom stereocenters. The minimum absolute atomic E-state index is 0.0308. The van der Waals surface area contributed by atoms with Crippen molar-refractivity contribution in [1.82, 2.24) is 19.7 Å². The van der Waals surface area contributed by atoms with Gasteiger partial charge in [0.2, 0.25) is 0 Å². The maximum Gasteiger partial charge on any atom is 0.283 e. The van der Waals surface area contributed by atoms with E-state index in [9.17, 15) is 9.90 Å². The molecule has 0 spiro atoms. The number of pyridine rings is 2. The predicted molar refractivity (Wildman–Crippen MR) is 82.0 cm³/mol. The van der Waals surface area contributed by atoms with Gasteiger partial charge in [0.25, 0.3) is 5.56 Å². The highest BCUT2D eigenvalue weighted by molar-refractivity contribution is 5.93. The summed E-state index contributed by atoms with van der Waals surface area (Å²) in [5.41, 5.74) is 2.54. The molecule has 4 rings (SSSR count). The number of rotatable bonds is 2. The Bertz CT molecular complexity index is 988. The summed E-state index contributed by atoms with van der Waals surface area (Å²) in [4.78, 5) is 19.8. The van der Waals surface area contributed by atoms with Crippen LogP contribution in [0.4, 0.5) is 0 Å². The molecule has 108 valence electrons. The largest absolute Gasteiger partial charge is 0.392 e. The summed E-state index contributed by atoms with van der Waals surface area (Å²) in [6.07, 6.45) is 3.27. The highest BCUT2D eigenvalue weighted by Crippen LogP contribution is 2.26. The third-order valence-electron chi connectivity index (χ3n) is 3.64. The van der Waals surface area contributed by atoms with Crippen LogP contribution < -0.4 is 5.56 Å². The van der Waals surface area contributed by atoms with Crippen LogP contribution in [0.3, 0.4) is 0 Å². The summed E-state index contributed by atoms with van der Waals surface area (Å²) in [6.45, 7) is -0.0308. The van der Waals surface area contributed by atoms with Crippen LogP contribution in [0, 0.1) is 0 Å². The van der Waals surface area contributed by atoms with Crippen LogP contribution in [-0.4, -0.2) is 24.9 Å². The van der Waals surface area contributed by atoms with Crippen LogP contribution >= 0.6 is 0 Å². The van der Waals surface area contributed by atoms with Gasteiger partial charge in [-0.2, -0.15) is 9.78 Å². The number of hydrogen-bond donors (Lipinski definition) is 2. The maximum absolute atomic E-state index is 12.5. The summed E-state index contributed by atoms with van der Waals surface area (Å²) in [5, 5.41) is 14.5. The first-order valence-electron chi connectivity index (χ1n) is 6.83. The van der Waals surface area contributed by atoms with Gasteiger partial charge in [0.1, 0.15) is 5.69 Å². The standard InChI is InChI=1S/C16H12N4O2/c21-9-10-4-5-11-13(7-10)18-8-12-15(11)19-20(16(12)22)14-3-1-2-6-17-14/h1-8,18,21H,9H2. The zero-order valence-corrected chi connectivity index (χ0v) is 11.5. The van der Waals surface area contributed by atoms with Gasteiger partial charge in [0.05, 0.1) is 12.2 Å². The fourth-order valence-corrected chi connectivity index (χ4v) is 2.54. The van der Waals surface area contributed by atoms with Gasteiger partial charge in [-0.15, -0.1) is 0 Å². The summed E-state index contributed by atoms with van der Waals surface area (Å²) >= 11 is 0. The summed E-state index contributed by atoms with van der Waals surface area (Å²) in [5.74, 6) is 0.490. The highest BCUT2D eigenvalue weighted by Gasteiger charge is 2.19. The predicted octanol–water partition coefficient (Wildman–Crippen LogP) is 1.71. The number of nitrogens with zero attached hydrogens (tertiary/aromatic N) is 3. The molecule has 0 saturated carbocycles. The molecule has 22 heavy (non-hydrogen) atoms. The molecule has 0 unspecified atom stereocenters. The molecule has 3 heterocycles. The van der Waals surface area contributed by atoms with E-state index < -0.39 is 0 Å².